The summed E-state index contributed by atoms with van der Waals surface area (Å²) in [5.41, 5.74) is 1.25. The topological polar surface area (TPSA) is 60.5 Å². The summed E-state index contributed by atoms with van der Waals surface area (Å²) in [7, 11) is 1.58. The smallest absolute Gasteiger partial charge is 0.271 e. The average molecular weight is 330 g/mol. The number of hydrogen-bond donors (Lipinski definition) is 1. The first-order valence-corrected chi connectivity index (χ1v) is 7.84. The third-order valence-electron chi connectivity index (χ3n) is 2.91. The fourth-order valence-electron chi connectivity index (χ4n) is 1.83. The zero-order valence-electron chi connectivity index (χ0n) is 12.9. The first-order valence-electron chi connectivity index (χ1n) is 6.96. The Labute approximate surface area is 139 Å². The summed E-state index contributed by atoms with van der Waals surface area (Å²) in [6.45, 7) is 8.00. The summed E-state index contributed by atoms with van der Waals surface area (Å²) in [4.78, 5) is 16.2. The number of thiazole rings is 1. The minimum absolute atomic E-state index is 0.217. The van der Waals surface area contributed by atoms with Crippen molar-refractivity contribution >= 4 is 17.2 Å². The number of carbonyl (C=O) groups excluding carboxylic acids is 1. The van der Waals surface area contributed by atoms with E-state index in [9.17, 15) is 4.79 Å². The summed E-state index contributed by atoms with van der Waals surface area (Å²) < 4.78 is 10.9. The fourth-order valence-corrected chi connectivity index (χ4v) is 2.63. The van der Waals surface area contributed by atoms with E-state index in [0.717, 1.165) is 10.6 Å². The molecule has 6 heteroatoms. The van der Waals surface area contributed by atoms with Crippen molar-refractivity contribution in [2.75, 3.05) is 20.3 Å². The van der Waals surface area contributed by atoms with Crippen LogP contribution in [-0.2, 0) is 0 Å². The molecule has 2 rings (SSSR count). The van der Waals surface area contributed by atoms with E-state index >= 15 is 0 Å². The van der Waals surface area contributed by atoms with Crippen molar-refractivity contribution in [3.05, 3.63) is 54.6 Å². The highest BCUT2D eigenvalue weighted by Gasteiger charge is 2.13. The van der Waals surface area contributed by atoms with Crippen LogP contribution in [0.3, 0.4) is 0 Å². The van der Waals surface area contributed by atoms with Gasteiger partial charge in [0.1, 0.15) is 17.3 Å². The van der Waals surface area contributed by atoms with Gasteiger partial charge < -0.3 is 14.8 Å². The van der Waals surface area contributed by atoms with Crippen molar-refractivity contribution in [3.63, 3.8) is 0 Å². The van der Waals surface area contributed by atoms with Crippen molar-refractivity contribution < 1.29 is 14.3 Å². The molecule has 1 heterocycles. The van der Waals surface area contributed by atoms with Gasteiger partial charge in [-0.05, 0) is 18.2 Å². The van der Waals surface area contributed by atoms with E-state index in [2.05, 4.69) is 23.5 Å². The molecule has 0 radical (unpaired) electrons. The molecular weight excluding hydrogens is 312 g/mol. The highest BCUT2D eigenvalue weighted by atomic mass is 32.1. The lowest BCUT2D eigenvalue weighted by Gasteiger charge is -2.10. The van der Waals surface area contributed by atoms with Gasteiger partial charge >= 0.3 is 0 Å². The molecule has 2 aromatic rings. The van der Waals surface area contributed by atoms with E-state index in [1.807, 2.05) is 18.2 Å². The molecule has 5 nitrogen and oxygen atoms in total. The zero-order valence-corrected chi connectivity index (χ0v) is 13.7. The quantitative estimate of drug-likeness (QED) is 0.755. The highest BCUT2D eigenvalue weighted by molar-refractivity contribution is 7.13. The van der Waals surface area contributed by atoms with E-state index in [-0.39, 0.29) is 5.91 Å². The molecule has 1 aromatic heterocycles. The SMILES string of the molecule is C=CCNC(=O)c1csc(-c2ccc(OCC=C)c(OC)c2)n1. The average Bonchev–Trinajstić information content (AvgIpc) is 3.07. The number of hydrogen-bond acceptors (Lipinski definition) is 5. The number of aromatic nitrogens is 1. The minimum Gasteiger partial charge on any atom is -0.493 e. The molecule has 0 atom stereocenters. The predicted molar refractivity (Wildman–Crippen MR) is 92.3 cm³/mol. The van der Waals surface area contributed by atoms with E-state index < -0.39 is 0 Å². The molecule has 0 aliphatic carbocycles. The Morgan fingerprint density at radius 1 is 1.35 bits per heavy atom. The number of methoxy groups -OCH3 is 1. The van der Waals surface area contributed by atoms with Crippen LogP contribution in [-0.4, -0.2) is 31.2 Å². The lowest BCUT2D eigenvalue weighted by Crippen LogP contribution is -2.23. The number of rotatable bonds is 8. The van der Waals surface area contributed by atoms with Crippen LogP contribution < -0.4 is 14.8 Å². The first-order chi connectivity index (χ1) is 11.2. The normalized spacial score (nSPS) is 9.96. The van der Waals surface area contributed by atoms with Gasteiger partial charge in [-0.2, -0.15) is 0 Å². The van der Waals surface area contributed by atoms with Gasteiger partial charge in [0.25, 0.3) is 5.91 Å². The number of ether oxygens (including phenoxy) is 2. The number of nitrogens with zero attached hydrogens (tertiary/aromatic N) is 1. The third kappa shape index (κ3) is 4.20. The largest absolute Gasteiger partial charge is 0.493 e. The van der Waals surface area contributed by atoms with Crippen molar-refractivity contribution in [1.82, 2.24) is 10.3 Å². The Morgan fingerprint density at radius 2 is 2.17 bits per heavy atom. The van der Waals surface area contributed by atoms with Crippen molar-refractivity contribution in [1.29, 1.82) is 0 Å². The van der Waals surface area contributed by atoms with Gasteiger partial charge in [-0.25, -0.2) is 4.98 Å². The Morgan fingerprint density at radius 3 is 2.87 bits per heavy atom. The first kappa shape index (κ1) is 16.8. The maximum Gasteiger partial charge on any atom is 0.271 e. The maximum absolute atomic E-state index is 11.9. The predicted octanol–water partition coefficient (Wildman–Crippen LogP) is 3.30. The lowest BCUT2D eigenvalue weighted by molar-refractivity contribution is 0.0954. The summed E-state index contributed by atoms with van der Waals surface area (Å²) in [5, 5.41) is 5.16. The summed E-state index contributed by atoms with van der Waals surface area (Å²) in [6, 6.07) is 5.53. The lowest BCUT2D eigenvalue weighted by atomic mass is 10.2. The molecule has 0 unspecified atom stereocenters. The molecule has 0 fully saturated rings. The van der Waals surface area contributed by atoms with Gasteiger partial charge in [0, 0.05) is 17.5 Å². The molecule has 120 valence electrons. The van der Waals surface area contributed by atoms with Gasteiger partial charge in [0.15, 0.2) is 11.5 Å². The van der Waals surface area contributed by atoms with Crippen LogP contribution in [0.1, 0.15) is 10.5 Å². The van der Waals surface area contributed by atoms with Crippen molar-refractivity contribution in [2.45, 2.75) is 0 Å². The molecule has 1 amide bonds. The molecule has 0 spiro atoms. The fraction of sp³-hybridized carbons (Fsp3) is 0.176. The highest BCUT2D eigenvalue weighted by Crippen LogP contribution is 2.33. The number of benzene rings is 1. The van der Waals surface area contributed by atoms with E-state index in [1.54, 1.807) is 24.6 Å². The molecule has 0 saturated heterocycles. The number of nitrogens with one attached hydrogen (secondary N) is 1. The van der Waals surface area contributed by atoms with E-state index in [0.29, 0.717) is 30.3 Å². The van der Waals surface area contributed by atoms with Crippen molar-refractivity contribution in [2.24, 2.45) is 0 Å². The molecule has 0 aliphatic heterocycles. The Bertz CT molecular complexity index is 710. The van der Waals surface area contributed by atoms with Crippen LogP contribution in [0.5, 0.6) is 11.5 Å². The van der Waals surface area contributed by atoms with Gasteiger partial charge in [-0.1, -0.05) is 18.7 Å². The molecular formula is C17H18N2O3S. The van der Waals surface area contributed by atoms with Crippen LogP contribution in [0.15, 0.2) is 48.9 Å². The summed E-state index contributed by atoms with van der Waals surface area (Å²) >= 11 is 1.40. The Kier molecular flexibility index (Phi) is 5.94. The van der Waals surface area contributed by atoms with Crippen molar-refractivity contribution in [3.8, 4) is 22.1 Å². The zero-order chi connectivity index (χ0) is 16.7. The second-order valence-electron chi connectivity index (χ2n) is 4.50. The van der Waals surface area contributed by atoms with E-state index in [1.165, 1.54) is 11.3 Å². The summed E-state index contributed by atoms with van der Waals surface area (Å²) in [6.07, 6.45) is 3.29. The number of amides is 1. The number of carbonyl (C=O) groups is 1. The van der Waals surface area contributed by atoms with Gasteiger partial charge in [-0.3, -0.25) is 4.79 Å². The maximum atomic E-state index is 11.9. The van der Waals surface area contributed by atoms with Gasteiger partial charge in [0.2, 0.25) is 0 Å². The Hall–Kier alpha value is -2.60. The van der Waals surface area contributed by atoms with Gasteiger partial charge in [0.05, 0.1) is 7.11 Å². The Balaban J connectivity index is 2.21. The monoisotopic (exact) mass is 330 g/mol. The second kappa shape index (κ2) is 8.14. The van der Waals surface area contributed by atoms with E-state index in [4.69, 9.17) is 9.47 Å². The molecule has 0 saturated carbocycles. The minimum atomic E-state index is -0.217. The van der Waals surface area contributed by atoms with Crippen LogP contribution in [0.2, 0.25) is 0 Å². The van der Waals surface area contributed by atoms with Crippen LogP contribution in [0, 0.1) is 0 Å². The second-order valence-corrected chi connectivity index (χ2v) is 5.36. The van der Waals surface area contributed by atoms with Crippen LogP contribution in [0.25, 0.3) is 10.6 Å². The molecule has 23 heavy (non-hydrogen) atoms. The van der Waals surface area contributed by atoms with Gasteiger partial charge in [-0.15, -0.1) is 17.9 Å². The van der Waals surface area contributed by atoms with Crippen LogP contribution >= 0.6 is 11.3 Å². The molecule has 0 aliphatic rings. The standard InChI is InChI=1S/C17H18N2O3S/c1-4-8-18-16(20)13-11-23-17(19-13)12-6-7-14(22-9-5-2)15(10-12)21-3/h4-7,10-11H,1-2,8-9H2,3H3,(H,18,20). The third-order valence-corrected chi connectivity index (χ3v) is 3.80. The molecule has 0 bridgehead atoms. The molecule has 1 N–H and O–H groups in total. The molecule has 1 aromatic carbocycles. The van der Waals surface area contributed by atoms with Crippen LogP contribution in [0.4, 0.5) is 0 Å². The summed E-state index contributed by atoms with van der Waals surface area (Å²) in [5.74, 6) is 1.03.